The molecular weight excluding hydrogens is 414 g/mol. The number of fused-ring (bicyclic) bond motifs is 3. The van der Waals surface area contributed by atoms with Crippen LogP contribution in [0.15, 0.2) is 71.0 Å². The molecule has 2 heterocycles. The predicted molar refractivity (Wildman–Crippen MR) is 131 cm³/mol. The summed E-state index contributed by atoms with van der Waals surface area (Å²) in [6.45, 7) is 10.7. The van der Waals surface area contributed by atoms with Crippen molar-refractivity contribution in [1.29, 1.82) is 0 Å². The van der Waals surface area contributed by atoms with Crippen molar-refractivity contribution in [3.8, 4) is 11.5 Å². The highest BCUT2D eigenvalue weighted by Gasteiger charge is 2.30. The molecule has 5 nitrogen and oxygen atoms in total. The minimum atomic E-state index is -1.51. The first kappa shape index (κ1) is 21.8. The van der Waals surface area contributed by atoms with Gasteiger partial charge < -0.3 is 9.30 Å². The Labute approximate surface area is 190 Å². The molecule has 2 aliphatic rings. The lowest BCUT2D eigenvalue weighted by Gasteiger charge is -2.22. The third-order valence-electron chi connectivity index (χ3n) is 5.17. The van der Waals surface area contributed by atoms with Gasteiger partial charge in [0.15, 0.2) is 5.69 Å². The number of rotatable bonds is 3. The highest BCUT2D eigenvalue weighted by Crippen LogP contribution is 2.38. The van der Waals surface area contributed by atoms with Gasteiger partial charge in [-0.15, -0.1) is 5.54 Å². The maximum Gasteiger partial charge on any atom is 0.359 e. The number of carbonyl (C=O) groups is 1. The number of benzene rings is 1. The van der Waals surface area contributed by atoms with Crippen LogP contribution >= 0.6 is 0 Å². The van der Waals surface area contributed by atoms with Gasteiger partial charge in [-0.3, -0.25) is 4.99 Å². The number of nitrogens with zero attached hydrogens (tertiary/aromatic N) is 3. The Morgan fingerprint density at radius 3 is 2.66 bits per heavy atom. The number of allylic oxidation sites excluding steroid dienone is 5. The molecule has 4 rings (SSSR count). The summed E-state index contributed by atoms with van der Waals surface area (Å²) in [5, 5.41) is 0. The second kappa shape index (κ2) is 8.60. The highest BCUT2D eigenvalue weighted by atomic mass is 28.3. The van der Waals surface area contributed by atoms with Gasteiger partial charge in [0, 0.05) is 16.7 Å². The average molecular weight is 442 g/mol. The van der Waals surface area contributed by atoms with Crippen LogP contribution in [0.25, 0.3) is 5.70 Å². The van der Waals surface area contributed by atoms with Crippen LogP contribution in [0, 0.1) is 11.5 Å². The van der Waals surface area contributed by atoms with Crippen molar-refractivity contribution in [3.63, 3.8) is 0 Å². The molecule has 0 fully saturated rings. The predicted octanol–water partition coefficient (Wildman–Crippen LogP) is 5.21. The summed E-state index contributed by atoms with van der Waals surface area (Å²) < 4.78 is 7.25. The van der Waals surface area contributed by atoms with Crippen molar-refractivity contribution in [2.45, 2.75) is 39.5 Å². The van der Waals surface area contributed by atoms with E-state index in [1.54, 1.807) is 13.3 Å². The quantitative estimate of drug-likeness (QED) is 0.373. The fourth-order valence-electron chi connectivity index (χ4n) is 3.78. The zero-order valence-corrected chi connectivity index (χ0v) is 20.1. The summed E-state index contributed by atoms with van der Waals surface area (Å²) in [5.41, 5.74) is 9.05. The first-order valence-electron chi connectivity index (χ1n) is 10.8. The molecule has 32 heavy (non-hydrogen) atoms. The van der Waals surface area contributed by atoms with Crippen LogP contribution in [0.5, 0.6) is 0 Å². The molecule has 0 amide bonds. The Hall–Kier alpha value is -3.43. The molecule has 1 atom stereocenters. The smallest absolute Gasteiger partial charge is 0.359 e. The number of aliphatic imine (C=N–C) groups is 1. The van der Waals surface area contributed by atoms with E-state index >= 15 is 0 Å². The van der Waals surface area contributed by atoms with Gasteiger partial charge in [0.25, 0.3) is 0 Å². The highest BCUT2D eigenvalue weighted by molar-refractivity contribution is 6.83. The average Bonchev–Trinajstić information content (AvgIpc) is 3.17. The van der Waals surface area contributed by atoms with Gasteiger partial charge in [-0.1, -0.05) is 62.0 Å². The summed E-state index contributed by atoms with van der Waals surface area (Å²) >= 11 is 0. The Balaban J connectivity index is 1.92. The molecule has 1 unspecified atom stereocenters. The molecule has 0 saturated carbocycles. The van der Waals surface area contributed by atoms with Crippen LogP contribution in [-0.2, 0) is 4.74 Å². The Bertz CT molecular complexity index is 1250. The van der Waals surface area contributed by atoms with Crippen LogP contribution in [-0.4, -0.2) is 35.9 Å². The number of imidazole rings is 1. The topological polar surface area (TPSA) is 56.5 Å². The summed E-state index contributed by atoms with van der Waals surface area (Å²) in [6.07, 6.45) is 7.99. The van der Waals surface area contributed by atoms with Gasteiger partial charge in [-0.2, -0.15) is 0 Å². The Morgan fingerprint density at radius 2 is 1.97 bits per heavy atom. The molecule has 0 saturated heterocycles. The molecule has 0 radical (unpaired) electrons. The molecule has 0 spiro atoms. The summed E-state index contributed by atoms with van der Waals surface area (Å²) in [6, 6.07) is 9.98. The van der Waals surface area contributed by atoms with Crippen molar-refractivity contribution in [2.75, 3.05) is 6.61 Å². The van der Waals surface area contributed by atoms with E-state index < -0.39 is 14.0 Å². The monoisotopic (exact) mass is 441 g/mol. The van der Waals surface area contributed by atoms with Crippen LogP contribution in [0.2, 0.25) is 19.6 Å². The number of hydrogen-bond donors (Lipinski definition) is 0. The number of carbonyl (C=O) groups excluding carboxylic acids is 1. The molecule has 1 aliphatic heterocycles. The lowest BCUT2D eigenvalue weighted by Crippen LogP contribution is -2.17. The zero-order valence-electron chi connectivity index (χ0n) is 19.1. The van der Waals surface area contributed by atoms with E-state index in [-0.39, 0.29) is 6.04 Å². The number of aromatic nitrogens is 2. The van der Waals surface area contributed by atoms with E-state index in [0.29, 0.717) is 18.0 Å². The second-order valence-corrected chi connectivity index (χ2v) is 13.6. The van der Waals surface area contributed by atoms with Crippen LogP contribution in [0.1, 0.15) is 41.6 Å². The van der Waals surface area contributed by atoms with Gasteiger partial charge in [-0.05, 0) is 26.0 Å². The van der Waals surface area contributed by atoms with Gasteiger partial charge in [0.1, 0.15) is 8.07 Å². The number of ether oxygens (including phenoxy) is 1. The zero-order chi connectivity index (χ0) is 22.9. The van der Waals surface area contributed by atoms with E-state index in [1.165, 1.54) is 0 Å². The summed E-state index contributed by atoms with van der Waals surface area (Å²) in [4.78, 5) is 22.0. The largest absolute Gasteiger partial charge is 0.461 e. The lowest BCUT2D eigenvalue weighted by atomic mass is 9.93. The van der Waals surface area contributed by atoms with Crippen molar-refractivity contribution in [2.24, 2.45) is 4.99 Å². The first-order valence-corrected chi connectivity index (χ1v) is 14.3. The molecule has 2 aromatic rings. The summed E-state index contributed by atoms with van der Waals surface area (Å²) in [7, 11) is -1.51. The van der Waals surface area contributed by atoms with Crippen molar-refractivity contribution in [1.82, 2.24) is 9.55 Å². The van der Waals surface area contributed by atoms with E-state index in [1.807, 2.05) is 29.7 Å². The number of esters is 1. The first-order chi connectivity index (χ1) is 15.3. The van der Waals surface area contributed by atoms with Crippen LogP contribution < -0.4 is 0 Å². The molecule has 1 aromatic heterocycles. The molecule has 1 aromatic carbocycles. The molecule has 1 aliphatic carbocycles. The molecular formula is C26H27N3O2Si. The fraction of sp³-hybridized carbons (Fsp3) is 0.269. The standard InChI is InChI=1S/C26H27N3O2Si/c1-6-31-26(30)24-25-18(2)28-23(20-10-8-7-9-11-20)21-16-19(14-15-32(3,4)5)12-13-22(21)29(25)17-27-24/h7-13,16-17,22H,6H2,1-5H3. The van der Waals surface area contributed by atoms with E-state index in [0.717, 1.165) is 28.1 Å². The molecule has 0 bridgehead atoms. The minimum Gasteiger partial charge on any atom is -0.461 e. The second-order valence-electron chi connectivity index (χ2n) is 8.84. The Morgan fingerprint density at radius 1 is 1.22 bits per heavy atom. The van der Waals surface area contributed by atoms with Gasteiger partial charge >= 0.3 is 5.97 Å². The maximum absolute atomic E-state index is 12.6. The Kier molecular flexibility index (Phi) is 5.85. The number of hydrogen-bond acceptors (Lipinski definition) is 4. The minimum absolute atomic E-state index is 0.144. The van der Waals surface area contributed by atoms with E-state index in [2.05, 4.69) is 66.4 Å². The molecule has 6 heteroatoms. The normalized spacial score (nSPS) is 17.3. The maximum atomic E-state index is 12.6. The SMILES string of the molecule is CCOC(=O)c1ncn2c1C(C)=NC(c1ccccc1)=C1C=C(C#C[Si](C)(C)C)C=CC12. The van der Waals surface area contributed by atoms with Crippen LogP contribution in [0.4, 0.5) is 0 Å². The van der Waals surface area contributed by atoms with Crippen molar-refractivity contribution in [3.05, 3.63) is 83.0 Å². The van der Waals surface area contributed by atoms with Crippen molar-refractivity contribution < 1.29 is 9.53 Å². The van der Waals surface area contributed by atoms with E-state index in [4.69, 9.17) is 9.73 Å². The van der Waals surface area contributed by atoms with Crippen LogP contribution in [0.3, 0.4) is 0 Å². The fourth-order valence-corrected chi connectivity index (χ4v) is 4.30. The van der Waals surface area contributed by atoms with E-state index in [9.17, 15) is 4.79 Å². The molecule has 0 N–H and O–H groups in total. The van der Waals surface area contributed by atoms with Gasteiger partial charge in [-0.25, -0.2) is 9.78 Å². The lowest BCUT2D eigenvalue weighted by molar-refractivity contribution is 0.0519. The van der Waals surface area contributed by atoms with Gasteiger partial charge in [0.2, 0.25) is 0 Å². The summed E-state index contributed by atoms with van der Waals surface area (Å²) in [5.74, 6) is 2.93. The van der Waals surface area contributed by atoms with Crippen molar-refractivity contribution >= 4 is 25.5 Å². The molecule has 162 valence electrons. The third-order valence-corrected chi connectivity index (χ3v) is 6.05. The van der Waals surface area contributed by atoms with Gasteiger partial charge in [0.05, 0.1) is 36.1 Å². The third kappa shape index (κ3) is 4.30.